The van der Waals surface area contributed by atoms with Crippen LogP contribution in [0.15, 0.2) is 48.9 Å². The van der Waals surface area contributed by atoms with Crippen molar-refractivity contribution in [2.75, 3.05) is 7.11 Å². The van der Waals surface area contributed by atoms with Gasteiger partial charge in [0, 0.05) is 18.3 Å². The first-order chi connectivity index (χ1) is 13.5. The molecule has 1 aromatic carbocycles. The Hall–Kier alpha value is -3.75. The first-order valence-corrected chi connectivity index (χ1v) is 8.59. The predicted octanol–water partition coefficient (Wildman–Crippen LogP) is 2.96. The fourth-order valence-electron chi connectivity index (χ4n) is 2.66. The van der Waals surface area contributed by atoms with Gasteiger partial charge in [-0.3, -0.25) is 24.3 Å². The van der Waals surface area contributed by atoms with E-state index in [4.69, 9.17) is 4.74 Å². The molecule has 28 heavy (non-hydrogen) atoms. The number of ether oxygens (including phenoxy) is 1. The number of rotatable bonds is 8. The zero-order valence-electron chi connectivity index (χ0n) is 15.5. The number of allylic oxidation sites excluding steroid dienone is 1. The van der Waals surface area contributed by atoms with Gasteiger partial charge >= 0.3 is 5.69 Å². The normalized spacial score (nSPS) is 11.1. The Bertz CT molecular complexity index is 1030. The molecule has 0 unspecified atom stereocenters. The number of ketones is 1. The quantitative estimate of drug-likeness (QED) is 0.257. The van der Waals surface area contributed by atoms with Crippen LogP contribution in [0.25, 0.3) is 6.08 Å². The number of carbonyl (C=O) groups is 1. The van der Waals surface area contributed by atoms with E-state index in [0.717, 1.165) is 11.1 Å². The van der Waals surface area contributed by atoms with Crippen LogP contribution >= 0.6 is 0 Å². The maximum Gasteiger partial charge on any atom is 0.307 e. The number of hydrogen-bond acceptors (Lipinski definition) is 6. The van der Waals surface area contributed by atoms with Gasteiger partial charge in [0.25, 0.3) is 0 Å². The lowest BCUT2D eigenvalue weighted by Crippen LogP contribution is -2.03. The Morgan fingerprint density at radius 3 is 2.79 bits per heavy atom. The van der Waals surface area contributed by atoms with Gasteiger partial charge in [-0.1, -0.05) is 12.1 Å². The highest BCUT2D eigenvalue weighted by molar-refractivity contribution is 6.05. The topological polar surface area (TPSA) is 105 Å². The molecule has 0 aliphatic heterocycles. The molecule has 0 radical (unpaired) electrons. The van der Waals surface area contributed by atoms with Gasteiger partial charge in [0.05, 0.1) is 18.6 Å². The number of aromatic nitrogens is 4. The largest absolute Gasteiger partial charge is 0.496 e. The van der Waals surface area contributed by atoms with Gasteiger partial charge in [0.15, 0.2) is 0 Å². The highest BCUT2D eigenvalue weighted by Gasteiger charge is 2.11. The predicted molar refractivity (Wildman–Crippen MR) is 102 cm³/mol. The summed E-state index contributed by atoms with van der Waals surface area (Å²) in [5.74, 6) is 0.440. The molecule has 2 aromatic heterocycles. The average Bonchev–Trinajstić information content (AvgIpc) is 3.36. The first-order valence-electron chi connectivity index (χ1n) is 8.59. The lowest BCUT2D eigenvalue weighted by Gasteiger charge is -2.09. The third kappa shape index (κ3) is 4.32. The minimum Gasteiger partial charge on any atom is -0.496 e. The second-order valence-electron chi connectivity index (χ2n) is 5.98. The van der Waals surface area contributed by atoms with Crippen molar-refractivity contribution in [2.45, 2.75) is 20.0 Å². The molecule has 3 aromatic rings. The second kappa shape index (κ2) is 8.30. The number of benzene rings is 1. The monoisotopic (exact) mass is 381 g/mol. The summed E-state index contributed by atoms with van der Waals surface area (Å²) >= 11 is 0. The molecule has 3 rings (SSSR count). The summed E-state index contributed by atoms with van der Waals surface area (Å²) in [5, 5.41) is 19.0. The van der Waals surface area contributed by atoms with Crippen LogP contribution < -0.4 is 4.74 Å². The van der Waals surface area contributed by atoms with E-state index in [9.17, 15) is 14.9 Å². The SMILES string of the molecule is CCn1ccc(C(=O)/C=C/c2ccc(OC)c(Cn3cc([N+](=O)[O-])cn3)c2)n1. The van der Waals surface area contributed by atoms with Gasteiger partial charge in [-0.2, -0.15) is 10.2 Å². The molecule has 0 atom stereocenters. The smallest absolute Gasteiger partial charge is 0.307 e. The van der Waals surface area contributed by atoms with Crippen molar-refractivity contribution in [2.24, 2.45) is 0 Å². The van der Waals surface area contributed by atoms with Crippen LogP contribution in [0, 0.1) is 10.1 Å². The molecule has 0 aliphatic carbocycles. The molecule has 0 N–H and O–H groups in total. The third-order valence-electron chi connectivity index (χ3n) is 4.11. The van der Waals surface area contributed by atoms with E-state index in [1.165, 1.54) is 23.2 Å². The number of carbonyl (C=O) groups excluding carboxylic acids is 1. The van der Waals surface area contributed by atoms with Crippen LogP contribution in [-0.2, 0) is 13.1 Å². The summed E-state index contributed by atoms with van der Waals surface area (Å²) in [7, 11) is 1.55. The van der Waals surface area contributed by atoms with Crippen LogP contribution in [-0.4, -0.2) is 37.4 Å². The van der Waals surface area contributed by atoms with Gasteiger partial charge in [-0.25, -0.2) is 0 Å². The Morgan fingerprint density at radius 2 is 2.14 bits per heavy atom. The van der Waals surface area contributed by atoms with Crippen molar-refractivity contribution in [1.82, 2.24) is 19.6 Å². The van der Waals surface area contributed by atoms with E-state index in [1.807, 2.05) is 19.1 Å². The van der Waals surface area contributed by atoms with Crippen molar-refractivity contribution in [3.8, 4) is 5.75 Å². The molecule has 9 heteroatoms. The summed E-state index contributed by atoms with van der Waals surface area (Å²) in [5.41, 5.74) is 1.88. The summed E-state index contributed by atoms with van der Waals surface area (Å²) in [6, 6.07) is 7.13. The zero-order valence-corrected chi connectivity index (χ0v) is 15.5. The maximum atomic E-state index is 12.2. The molecule has 0 saturated heterocycles. The molecular formula is C19H19N5O4. The lowest BCUT2D eigenvalue weighted by molar-refractivity contribution is -0.385. The Balaban J connectivity index is 1.79. The Kier molecular flexibility index (Phi) is 5.64. The molecule has 144 valence electrons. The van der Waals surface area contributed by atoms with Gasteiger partial charge in [-0.05, 0) is 36.8 Å². The van der Waals surface area contributed by atoms with Crippen LogP contribution in [0.4, 0.5) is 5.69 Å². The molecule has 0 spiro atoms. The number of hydrogen-bond donors (Lipinski definition) is 0. The van der Waals surface area contributed by atoms with Crippen LogP contribution in [0.1, 0.15) is 28.5 Å². The van der Waals surface area contributed by atoms with E-state index in [-0.39, 0.29) is 11.5 Å². The van der Waals surface area contributed by atoms with Gasteiger partial charge < -0.3 is 4.74 Å². The molecule has 0 saturated carbocycles. The number of aryl methyl sites for hydroxylation is 1. The van der Waals surface area contributed by atoms with E-state index in [2.05, 4.69) is 10.2 Å². The minimum absolute atomic E-state index is 0.0767. The Labute approximate surface area is 161 Å². The summed E-state index contributed by atoms with van der Waals surface area (Å²) in [4.78, 5) is 22.6. The van der Waals surface area contributed by atoms with Crippen LogP contribution in [0.2, 0.25) is 0 Å². The van der Waals surface area contributed by atoms with Crippen molar-refractivity contribution >= 4 is 17.5 Å². The molecule has 0 aliphatic rings. The highest BCUT2D eigenvalue weighted by atomic mass is 16.6. The van der Waals surface area contributed by atoms with Gasteiger partial charge in [0.1, 0.15) is 23.8 Å². The molecule has 0 fully saturated rings. The molecule has 9 nitrogen and oxygen atoms in total. The Morgan fingerprint density at radius 1 is 1.32 bits per heavy atom. The summed E-state index contributed by atoms with van der Waals surface area (Å²) < 4.78 is 8.51. The number of methoxy groups -OCH3 is 1. The van der Waals surface area contributed by atoms with Crippen molar-refractivity contribution < 1.29 is 14.5 Å². The zero-order chi connectivity index (χ0) is 20.1. The standard InChI is InChI=1S/C19H19N5O4/c1-3-22-9-8-17(21-22)18(25)6-4-14-5-7-19(28-2)15(10-14)12-23-13-16(11-20-23)24(26)27/h4-11,13H,3,12H2,1-2H3/b6-4+. The second-order valence-corrected chi connectivity index (χ2v) is 5.98. The van der Waals surface area contributed by atoms with E-state index in [0.29, 0.717) is 24.5 Å². The third-order valence-corrected chi connectivity index (χ3v) is 4.11. The summed E-state index contributed by atoms with van der Waals surface area (Å²) in [6.45, 7) is 2.95. The molecule has 2 heterocycles. The number of nitrogens with zero attached hydrogens (tertiary/aromatic N) is 5. The first kappa shape index (κ1) is 19.0. The van der Waals surface area contributed by atoms with Gasteiger partial charge in [-0.15, -0.1) is 0 Å². The fourth-order valence-corrected chi connectivity index (χ4v) is 2.66. The van der Waals surface area contributed by atoms with Crippen LogP contribution in [0.5, 0.6) is 5.75 Å². The molecule has 0 amide bonds. The fraction of sp³-hybridized carbons (Fsp3) is 0.211. The van der Waals surface area contributed by atoms with E-state index < -0.39 is 4.92 Å². The van der Waals surface area contributed by atoms with Gasteiger partial charge in [0.2, 0.25) is 5.78 Å². The molecule has 0 bridgehead atoms. The maximum absolute atomic E-state index is 12.2. The van der Waals surface area contributed by atoms with E-state index >= 15 is 0 Å². The molecular weight excluding hydrogens is 362 g/mol. The number of nitro groups is 1. The highest BCUT2D eigenvalue weighted by Crippen LogP contribution is 2.22. The van der Waals surface area contributed by atoms with Crippen LogP contribution in [0.3, 0.4) is 0 Å². The summed E-state index contributed by atoms with van der Waals surface area (Å²) in [6.07, 6.45) is 7.48. The van der Waals surface area contributed by atoms with Crippen molar-refractivity contribution in [3.63, 3.8) is 0 Å². The van der Waals surface area contributed by atoms with Crippen molar-refractivity contribution in [3.05, 3.63) is 75.9 Å². The van der Waals surface area contributed by atoms with Crippen molar-refractivity contribution in [1.29, 1.82) is 0 Å². The minimum atomic E-state index is -0.495. The average molecular weight is 381 g/mol. The van der Waals surface area contributed by atoms with E-state index in [1.54, 1.807) is 36.2 Å². The lowest BCUT2D eigenvalue weighted by atomic mass is 10.1.